The number of nitrogens with two attached hydrogens (primary N) is 1. The molecule has 2 aromatic carbocycles. The van der Waals surface area contributed by atoms with Crippen LogP contribution in [0.1, 0.15) is 23.6 Å². The maximum Gasteiger partial charge on any atom is 0.123 e. The van der Waals surface area contributed by atoms with Crippen molar-refractivity contribution in [3.05, 3.63) is 71.0 Å². The molecule has 0 amide bonds. The van der Waals surface area contributed by atoms with Crippen molar-refractivity contribution in [2.45, 2.75) is 25.7 Å². The topological polar surface area (TPSA) is 26.0 Å². The van der Waals surface area contributed by atoms with Crippen LogP contribution in [-0.4, -0.2) is 6.54 Å². The van der Waals surface area contributed by atoms with Gasteiger partial charge < -0.3 is 5.73 Å². The summed E-state index contributed by atoms with van der Waals surface area (Å²) < 4.78 is 13.4. The number of rotatable bonds is 4. The molecule has 0 heterocycles. The molecule has 2 aromatic rings. The van der Waals surface area contributed by atoms with Gasteiger partial charge in [-0.05, 0) is 36.6 Å². The van der Waals surface area contributed by atoms with E-state index in [1.54, 1.807) is 12.1 Å². The second-order valence-corrected chi connectivity index (χ2v) is 5.44. The molecule has 0 radical (unpaired) electrons. The maximum atomic E-state index is 13.4. The highest BCUT2D eigenvalue weighted by atomic mass is 19.1. The van der Waals surface area contributed by atoms with E-state index in [2.05, 4.69) is 38.1 Å². The van der Waals surface area contributed by atoms with Gasteiger partial charge in [0.25, 0.3) is 0 Å². The van der Waals surface area contributed by atoms with Crippen molar-refractivity contribution in [3.63, 3.8) is 0 Å². The predicted octanol–water partition coefficient (Wildman–Crippen LogP) is 3.59. The Bertz CT molecular complexity index is 547. The van der Waals surface area contributed by atoms with Crippen molar-refractivity contribution in [1.82, 2.24) is 0 Å². The SMILES string of the molecule is Cc1ccc(CC(C)(CN)c2cccc(F)c2)cc1. The quantitative estimate of drug-likeness (QED) is 0.890. The smallest absolute Gasteiger partial charge is 0.123 e. The van der Waals surface area contributed by atoms with Crippen LogP contribution in [0.15, 0.2) is 48.5 Å². The van der Waals surface area contributed by atoms with Crippen molar-refractivity contribution in [3.8, 4) is 0 Å². The molecule has 0 fully saturated rings. The zero-order chi connectivity index (χ0) is 13.9. The Labute approximate surface area is 114 Å². The summed E-state index contributed by atoms with van der Waals surface area (Å²) in [6.45, 7) is 4.64. The first-order valence-corrected chi connectivity index (χ1v) is 6.55. The molecule has 19 heavy (non-hydrogen) atoms. The van der Waals surface area contributed by atoms with E-state index < -0.39 is 0 Å². The van der Waals surface area contributed by atoms with E-state index >= 15 is 0 Å². The number of aryl methyl sites for hydroxylation is 1. The molecule has 100 valence electrons. The van der Waals surface area contributed by atoms with Gasteiger partial charge in [-0.15, -0.1) is 0 Å². The van der Waals surface area contributed by atoms with Crippen LogP contribution < -0.4 is 5.73 Å². The normalized spacial score (nSPS) is 14.1. The van der Waals surface area contributed by atoms with E-state index in [1.807, 2.05) is 6.07 Å². The lowest BCUT2D eigenvalue weighted by Crippen LogP contribution is -2.34. The highest BCUT2D eigenvalue weighted by Crippen LogP contribution is 2.27. The van der Waals surface area contributed by atoms with Crippen molar-refractivity contribution < 1.29 is 4.39 Å². The van der Waals surface area contributed by atoms with Gasteiger partial charge in [0.1, 0.15) is 5.82 Å². The van der Waals surface area contributed by atoms with Crippen LogP contribution in [-0.2, 0) is 11.8 Å². The third-order valence-corrected chi connectivity index (χ3v) is 3.69. The van der Waals surface area contributed by atoms with Crippen molar-refractivity contribution in [2.75, 3.05) is 6.54 Å². The van der Waals surface area contributed by atoms with Gasteiger partial charge in [0, 0.05) is 12.0 Å². The molecule has 2 heteroatoms. The summed E-state index contributed by atoms with van der Waals surface area (Å²) in [6.07, 6.45) is 0.813. The zero-order valence-electron chi connectivity index (χ0n) is 11.5. The monoisotopic (exact) mass is 257 g/mol. The van der Waals surface area contributed by atoms with Crippen molar-refractivity contribution >= 4 is 0 Å². The van der Waals surface area contributed by atoms with E-state index in [9.17, 15) is 4.39 Å². The van der Waals surface area contributed by atoms with Crippen molar-refractivity contribution in [2.24, 2.45) is 5.73 Å². The van der Waals surface area contributed by atoms with Crippen LogP contribution in [0.5, 0.6) is 0 Å². The van der Waals surface area contributed by atoms with Gasteiger partial charge in [-0.3, -0.25) is 0 Å². The average Bonchev–Trinajstić information content (AvgIpc) is 2.41. The highest BCUT2D eigenvalue weighted by Gasteiger charge is 2.25. The van der Waals surface area contributed by atoms with Gasteiger partial charge in [0.15, 0.2) is 0 Å². The third-order valence-electron chi connectivity index (χ3n) is 3.69. The second-order valence-electron chi connectivity index (χ2n) is 5.44. The first-order valence-electron chi connectivity index (χ1n) is 6.55. The Morgan fingerprint density at radius 2 is 1.79 bits per heavy atom. The fraction of sp³-hybridized carbons (Fsp3) is 0.294. The highest BCUT2D eigenvalue weighted by molar-refractivity contribution is 5.31. The summed E-state index contributed by atoms with van der Waals surface area (Å²) in [4.78, 5) is 0. The molecule has 0 aliphatic heterocycles. The summed E-state index contributed by atoms with van der Waals surface area (Å²) in [5.41, 5.74) is 9.12. The van der Waals surface area contributed by atoms with Crippen LogP contribution in [0.25, 0.3) is 0 Å². The molecular formula is C17H20FN. The molecule has 1 unspecified atom stereocenters. The first kappa shape index (κ1) is 13.8. The molecule has 0 saturated carbocycles. The van der Waals surface area contributed by atoms with Gasteiger partial charge in [0.2, 0.25) is 0 Å². The van der Waals surface area contributed by atoms with Crippen LogP contribution in [0.4, 0.5) is 4.39 Å². The molecule has 2 rings (SSSR count). The van der Waals surface area contributed by atoms with E-state index in [1.165, 1.54) is 17.2 Å². The maximum absolute atomic E-state index is 13.4. The van der Waals surface area contributed by atoms with Crippen LogP contribution >= 0.6 is 0 Å². The minimum absolute atomic E-state index is 0.207. The van der Waals surface area contributed by atoms with Crippen molar-refractivity contribution in [1.29, 1.82) is 0 Å². The minimum Gasteiger partial charge on any atom is -0.330 e. The van der Waals surface area contributed by atoms with E-state index in [4.69, 9.17) is 5.73 Å². The third kappa shape index (κ3) is 3.21. The van der Waals surface area contributed by atoms with E-state index in [-0.39, 0.29) is 11.2 Å². The molecule has 1 atom stereocenters. The Hall–Kier alpha value is -1.67. The minimum atomic E-state index is -0.239. The standard InChI is InChI=1S/C17H20FN/c1-13-6-8-14(9-7-13)11-17(2,12-19)15-4-3-5-16(18)10-15/h3-10H,11-12,19H2,1-2H3. The Kier molecular flexibility index (Phi) is 4.01. The van der Waals surface area contributed by atoms with Gasteiger partial charge >= 0.3 is 0 Å². The fourth-order valence-electron chi connectivity index (χ4n) is 2.31. The van der Waals surface area contributed by atoms with Gasteiger partial charge in [0.05, 0.1) is 0 Å². The fourth-order valence-corrected chi connectivity index (χ4v) is 2.31. The largest absolute Gasteiger partial charge is 0.330 e. The molecule has 0 aliphatic carbocycles. The molecule has 2 N–H and O–H groups in total. The molecule has 0 aliphatic rings. The Morgan fingerprint density at radius 1 is 1.11 bits per heavy atom. The van der Waals surface area contributed by atoms with E-state index in [0.29, 0.717) is 6.54 Å². The Morgan fingerprint density at radius 3 is 2.37 bits per heavy atom. The summed E-state index contributed by atoms with van der Waals surface area (Å²) >= 11 is 0. The van der Waals surface area contributed by atoms with Gasteiger partial charge in [-0.2, -0.15) is 0 Å². The lowest BCUT2D eigenvalue weighted by atomic mass is 9.77. The number of halogens is 1. The summed E-state index contributed by atoms with van der Waals surface area (Å²) in [6, 6.07) is 15.2. The lowest BCUT2D eigenvalue weighted by Gasteiger charge is -2.29. The van der Waals surface area contributed by atoms with E-state index in [0.717, 1.165) is 12.0 Å². The predicted molar refractivity (Wildman–Crippen MR) is 77.7 cm³/mol. The molecule has 0 aromatic heterocycles. The van der Waals surface area contributed by atoms with Gasteiger partial charge in [-0.25, -0.2) is 4.39 Å². The lowest BCUT2D eigenvalue weighted by molar-refractivity contribution is 0.476. The molecule has 0 spiro atoms. The average molecular weight is 257 g/mol. The molecule has 1 nitrogen and oxygen atoms in total. The summed E-state index contributed by atoms with van der Waals surface area (Å²) in [5, 5.41) is 0. The van der Waals surface area contributed by atoms with Crippen LogP contribution in [0.3, 0.4) is 0 Å². The molecule has 0 saturated heterocycles. The molecule has 0 bridgehead atoms. The number of benzene rings is 2. The Balaban J connectivity index is 2.30. The van der Waals surface area contributed by atoms with Crippen LogP contribution in [0.2, 0.25) is 0 Å². The summed E-state index contributed by atoms with van der Waals surface area (Å²) in [5.74, 6) is -0.207. The second kappa shape index (κ2) is 5.54. The molecular weight excluding hydrogens is 237 g/mol. The van der Waals surface area contributed by atoms with Gasteiger partial charge in [-0.1, -0.05) is 48.9 Å². The summed E-state index contributed by atoms with van der Waals surface area (Å²) in [7, 11) is 0. The number of hydrogen-bond acceptors (Lipinski definition) is 1. The zero-order valence-corrected chi connectivity index (χ0v) is 11.5. The van der Waals surface area contributed by atoms with Crippen LogP contribution in [0, 0.1) is 12.7 Å². The number of hydrogen-bond donors (Lipinski definition) is 1. The first-order chi connectivity index (χ1) is 9.03.